The summed E-state index contributed by atoms with van der Waals surface area (Å²) in [5.74, 6) is 6.25. The summed E-state index contributed by atoms with van der Waals surface area (Å²) in [6.07, 6.45) is 12.5. The zero-order valence-electron chi connectivity index (χ0n) is 22.9. The van der Waals surface area contributed by atoms with Gasteiger partial charge in [-0.3, -0.25) is 0 Å². The van der Waals surface area contributed by atoms with Gasteiger partial charge in [0, 0.05) is 18.4 Å². The number of halogens is 5. The van der Waals surface area contributed by atoms with Crippen molar-refractivity contribution in [1.29, 1.82) is 0 Å². The minimum absolute atomic E-state index is 0.0421. The molecule has 0 saturated heterocycles. The summed E-state index contributed by atoms with van der Waals surface area (Å²) in [5, 5.41) is 0. The van der Waals surface area contributed by atoms with Crippen LogP contribution in [0.4, 0.5) is 0 Å². The molecular formula is C30H45Br5O. The first-order valence-corrected chi connectivity index (χ1v) is 18.8. The Morgan fingerprint density at radius 1 is 0.889 bits per heavy atom. The molecule has 0 aromatic carbocycles. The Balaban J connectivity index is 1.28. The molecule has 6 aliphatic carbocycles. The minimum atomic E-state index is -0.0710. The van der Waals surface area contributed by atoms with Gasteiger partial charge in [0.1, 0.15) is 3.23 Å². The Bertz CT molecular complexity index is 923. The van der Waals surface area contributed by atoms with Crippen molar-refractivity contribution in [3.05, 3.63) is 0 Å². The minimum Gasteiger partial charge on any atom is -0.376 e. The van der Waals surface area contributed by atoms with Crippen molar-refractivity contribution in [1.82, 2.24) is 0 Å². The second kappa shape index (κ2) is 8.70. The fraction of sp³-hybridized carbons (Fsp3) is 1.00. The second-order valence-corrected chi connectivity index (χ2v) is 22.8. The molecule has 206 valence electrons. The summed E-state index contributed by atoms with van der Waals surface area (Å²) >= 11 is 20.4. The number of alkyl halides is 5. The van der Waals surface area contributed by atoms with E-state index in [4.69, 9.17) is 4.74 Å². The van der Waals surface area contributed by atoms with Gasteiger partial charge in [0.25, 0.3) is 0 Å². The molecule has 0 aliphatic heterocycles. The van der Waals surface area contributed by atoms with E-state index in [-0.39, 0.29) is 16.9 Å². The van der Waals surface area contributed by atoms with E-state index in [2.05, 4.69) is 114 Å². The van der Waals surface area contributed by atoms with Crippen LogP contribution in [0.15, 0.2) is 0 Å². The largest absolute Gasteiger partial charge is 0.376 e. The monoisotopic (exact) mass is 816 g/mol. The van der Waals surface area contributed by atoms with Crippen LogP contribution in [0.1, 0.15) is 92.4 Å². The number of hydrogen-bond acceptors (Lipinski definition) is 1. The van der Waals surface area contributed by atoms with Crippen molar-refractivity contribution in [3.63, 3.8) is 0 Å². The number of methoxy groups -OCH3 is 1. The van der Waals surface area contributed by atoms with Crippen LogP contribution in [-0.4, -0.2) is 24.0 Å². The van der Waals surface area contributed by atoms with E-state index in [1.165, 1.54) is 57.8 Å². The smallest absolute Gasteiger partial charge is 0.101 e. The van der Waals surface area contributed by atoms with Crippen molar-refractivity contribution in [2.45, 2.75) is 109 Å². The Morgan fingerprint density at radius 2 is 1.58 bits per heavy atom. The molecule has 0 N–H and O–H groups in total. The first-order chi connectivity index (χ1) is 16.7. The molecule has 0 unspecified atom stereocenters. The highest BCUT2D eigenvalue weighted by Gasteiger charge is 2.83. The molecule has 6 saturated carbocycles. The third-order valence-electron chi connectivity index (χ3n) is 14.0. The van der Waals surface area contributed by atoms with Crippen molar-refractivity contribution >= 4 is 79.6 Å². The van der Waals surface area contributed by atoms with Gasteiger partial charge >= 0.3 is 0 Å². The summed E-state index contributed by atoms with van der Waals surface area (Å²) < 4.78 is 7.13. The number of hydrogen-bond donors (Lipinski definition) is 0. The highest BCUT2D eigenvalue weighted by atomic mass is 79.9. The molecule has 6 fully saturated rings. The van der Waals surface area contributed by atoms with Gasteiger partial charge in [-0.25, -0.2) is 0 Å². The van der Waals surface area contributed by atoms with E-state index in [1.807, 2.05) is 7.11 Å². The molecule has 0 heterocycles. The van der Waals surface area contributed by atoms with Gasteiger partial charge in [-0.1, -0.05) is 114 Å². The van der Waals surface area contributed by atoms with Gasteiger partial charge in [-0.15, -0.1) is 0 Å². The van der Waals surface area contributed by atoms with Crippen molar-refractivity contribution in [2.24, 2.45) is 63.6 Å². The van der Waals surface area contributed by atoms with Gasteiger partial charge in [0.05, 0.1) is 13.7 Å². The predicted octanol–water partition coefficient (Wildman–Crippen LogP) is 10.7. The van der Waals surface area contributed by atoms with Gasteiger partial charge in [0.15, 0.2) is 0 Å². The van der Waals surface area contributed by atoms with Crippen LogP contribution in [0.25, 0.3) is 0 Å². The molecule has 1 spiro atoms. The zero-order chi connectivity index (χ0) is 26.3. The van der Waals surface area contributed by atoms with Crippen LogP contribution in [0.3, 0.4) is 0 Å². The topological polar surface area (TPSA) is 9.23 Å². The van der Waals surface area contributed by atoms with E-state index >= 15 is 0 Å². The SMILES string of the molecule is CO[C@]1(C(Br)Br)C[C@H]2[C@@H]3CC[C@H]([C@H](C)C[C@H]4C(Br)(Br)[C@]4(Br)C(C)C)[C@@]3(C)CC[C@@H]2[C@@]2(C)CC[C@@H]3C[C@]312. The highest BCUT2D eigenvalue weighted by Crippen LogP contribution is 2.86. The van der Waals surface area contributed by atoms with Crippen LogP contribution in [0.2, 0.25) is 0 Å². The van der Waals surface area contributed by atoms with E-state index < -0.39 is 0 Å². The number of ether oxygens (including phenoxy) is 1. The lowest BCUT2D eigenvalue weighted by molar-refractivity contribution is -0.206. The quantitative estimate of drug-likeness (QED) is 0.243. The number of fused-ring (bicyclic) bond motifs is 4. The van der Waals surface area contributed by atoms with Gasteiger partial charge < -0.3 is 4.74 Å². The van der Waals surface area contributed by atoms with Gasteiger partial charge in [0.2, 0.25) is 0 Å². The summed E-state index contributed by atoms with van der Waals surface area (Å²) in [4.78, 5) is 0. The van der Waals surface area contributed by atoms with Crippen molar-refractivity contribution in [2.75, 3.05) is 7.11 Å². The molecule has 0 aromatic rings. The molecule has 36 heavy (non-hydrogen) atoms. The van der Waals surface area contributed by atoms with E-state index in [1.54, 1.807) is 0 Å². The fourth-order valence-corrected chi connectivity index (χ4v) is 17.4. The third-order valence-corrected chi connectivity index (χ3v) is 21.0. The molecule has 6 rings (SSSR count). The van der Waals surface area contributed by atoms with Crippen LogP contribution >= 0.6 is 79.6 Å². The lowest BCUT2D eigenvalue weighted by Crippen LogP contribution is -2.64. The van der Waals surface area contributed by atoms with Crippen molar-refractivity contribution < 1.29 is 4.74 Å². The molecule has 0 aromatic heterocycles. The summed E-state index contributed by atoms with van der Waals surface area (Å²) in [6, 6.07) is 0. The van der Waals surface area contributed by atoms with Crippen LogP contribution in [0.5, 0.6) is 0 Å². The van der Waals surface area contributed by atoms with E-state index in [0.29, 0.717) is 28.1 Å². The van der Waals surface area contributed by atoms with E-state index in [0.717, 1.165) is 35.5 Å². The second-order valence-electron chi connectivity index (χ2n) is 14.8. The molecule has 12 atom stereocenters. The Kier molecular flexibility index (Phi) is 6.88. The van der Waals surface area contributed by atoms with Crippen LogP contribution in [0, 0.1) is 63.6 Å². The first kappa shape index (κ1) is 28.5. The zero-order valence-corrected chi connectivity index (χ0v) is 30.8. The maximum atomic E-state index is 6.69. The lowest BCUT2D eigenvalue weighted by atomic mass is 9.43. The standard InChI is InChI=1S/C30H45Br5O/c1-16(2)29(33)23(30(29,34)35)13-17(3)20-7-8-21-19-15-28(36-6,24(31)32)27-14-18(27)9-12-26(27,5)22(19)10-11-25(20,21)4/h16-24H,7-15H2,1-6H3/t17-,18-,19+,20-,21+,22+,23-,25-,26-,27-,28+,29+/m1/s1. The molecule has 1 nitrogen and oxygen atoms in total. The fourth-order valence-electron chi connectivity index (χ4n) is 12.2. The molecule has 0 bridgehead atoms. The first-order valence-electron chi connectivity index (χ1n) is 14.6. The maximum Gasteiger partial charge on any atom is 0.101 e. The maximum absolute atomic E-state index is 6.69. The average Bonchev–Trinajstić information content (AvgIpc) is 3.50. The van der Waals surface area contributed by atoms with Crippen molar-refractivity contribution in [3.8, 4) is 0 Å². The average molecular weight is 821 g/mol. The highest BCUT2D eigenvalue weighted by molar-refractivity contribution is 9.26. The molecular weight excluding hydrogens is 776 g/mol. The summed E-state index contributed by atoms with van der Waals surface area (Å²) in [5.41, 5.74) is 1.22. The van der Waals surface area contributed by atoms with Crippen LogP contribution in [-0.2, 0) is 4.74 Å². The van der Waals surface area contributed by atoms with Gasteiger partial charge in [-0.05, 0) is 110 Å². The Labute approximate surface area is 262 Å². The van der Waals surface area contributed by atoms with Gasteiger partial charge in [-0.2, -0.15) is 0 Å². The molecule has 0 amide bonds. The molecule has 6 heteroatoms. The number of rotatable bonds is 6. The summed E-state index contributed by atoms with van der Waals surface area (Å²) in [7, 11) is 2.02. The summed E-state index contributed by atoms with van der Waals surface area (Å²) in [6.45, 7) is 12.7. The molecule has 0 radical (unpaired) electrons. The Morgan fingerprint density at radius 3 is 2.14 bits per heavy atom. The molecule has 6 aliphatic rings. The Hall–Kier alpha value is 2.36. The lowest BCUT2D eigenvalue weighted by Gasteiger charge is -2.65. The predicted molar refractivity (Wildman–Crippen MR) is 169 cm³/mol. The normalized spacial score (nSPS) is 57.2. The van der Waals surface area contributed by atoms with E-state index in [9.17, 15) is 0 Å². The third kappa shape index (κ3) is 3.19. The van der Waals surface area contributed by atoms with Crippen LogP contribution < -0.4 is 0 Å².